The Morgan fingerprint density at radius 3 is 2.46 bits per heavy atom. The van der Waals surface area contributed by atoms with E-state index in [9.17, 15) is 4.79 Å². The Balaban J connectivity index is 0.00000139. The zero-order chi connectivity index (χ0) is 35.3. The number of hydrogen-bond donors (Lipinski definition) is 3. The fourth-order valence-electron chi connectivity index (χ4n) is 6.27. The number of aromatic nitrogens is 5. The van der Waals surface area contributed by atoms with E-state index in [1.54, 1.807) is 4.68 Å². The molecule has 0 spiro atoms. The molecule has 7 rings (SSSR count). The van der Waals surface area contributed by atoms with Gasteiger partial charge in [0.05, 0.1) is 43.4 Å². The van der Waals surface area contributed by atoms with Crippen molar-refractivity contribution in [2.24, 2.45) is 0 Å². The first kappa shape index (κ1) is 34.6. The molecule has 5 aromatic rings. The largest absolute Gasteiger partial charge is 0.484 e. The summed E-state index contributed by atoms with van der Waals surface area (Å²) in [4.78, 5) is 24.2. The first-order valence-corrected chi connectivity index (χ1v) is 16.8. The van der Waals surface area contributed by atoms with E-state index in [4.69, 9.17) is 24.5 Å². The van der Waals surface area contributed by atoms with Crippen LogP contribution in [0.3, 0.4) is 0 Å². The van der Waals surface area contributed by atoms with Crippen molar-refractivity contribution < 1.29 is 24.2 Å². The van der Waals surface area contributed by atoms with Crippen LogP contribution < -0.4 is 15.4 Å². The maximum atomic E-state index is 13.5. The van der Waals surface area contributed by atoms with Crippen LogP contribution in [-0.2, 0) is 21.5 Å². The van der Waals surface area contributed by atoms with Gasteiger partial charge in [-0.15, -0.1) is 10.2 Å². The molecule has 0 bridgehead atoms. The number of rotatable bonds is 7. The van der Waals surface area contributed by atoms with Gasteiger partial charge in [-0.25, -0.2) is 9.48 Å². The number of carboxylic acid groups (broad SMARTS) is 1. The molecule has 262 valence electrons. The lowest BCUT2D eigenvalue weighted by Crippen LogP contribution is -2.36. The summed E-state index contributed by atoms with van der Waals surface area (Å²) in [5, 5.41) is 26.9. The molecule has 1 aliphatic heterocycles. The van der Waals surface area contributed by atoms with Crippen molar-refractivity contribution in [2.45, 2.75) is 64.6 Å². The molecule has 2 atom stereocenters. The number of benzene rings is 2. The number of aryl methyl sites for hydroxylation is 1. The zero-order valence-corrected chi connectivity index (χ0v) is 28.9. The number of morpholine rings is 1. The summed E-state index contributed by atoms with van der Waals surface area (Å²) in [5.41, 5.74) is 5.69. The minimum absolute atomic E-state index is 0.152. The highest BCUT2D eigenvalue weighted by molar-refractivity contribution is 5.89. The van der Waals surface area contributed by atoms with Crippen LogP contribution in [0.1, 0.15) is 74.0 Å². The molecular weight excluding hydrogens is 636 g/mol. The first-order chi connectivity index (χ1) is 24.1. The monoisotopic (exact) mass is 680 g/mol. The van der Waals surface area contributed by atoms with Crippen molar-refractivity contribution in [1.82, 2.24) is 34.6 Å². The van der Waals surface area contributed by atoms with Crippen LogP contribution in [0.5, 0.6) is 5.75 Å². The summed E-state index contributed by atoms with van der Waals surface area (Å²) in [6.45, 7) is 12.1. The molecule has 13 heteroatoms. The number of anilines is 1. The van der Waals surface area contributed by atoms with Gasteiger partial charge in [-0.2, -0.15) is 5.10 Å². The van der Waals surface area contributed by atoms with Gasteiger partial charge in [0.25, 0.3) is 6.47 Å². The van der Waals surface area contributed by atoms with E-state index in [-0.39, 0.29) is 30.1 Å². The molecule has 0 unspecified atom stereocenters. The minimum Gasteiger partial charge on any atom is -0.484 e. The molecule has 4 heterocycles. The molecule has 2 amide bonds. The third kappa shape index (κ3) is 7.95. The summed E-state index contributed by atoms with van der Waals surface area (Å²) < 4.78 is 15.9. The van der Waals surface area contributed by atoms with E-state index in [0.29, 0.717) is 12.4 Å². The second-order valence-electron chi connectivity index (χ2n) is 13.6. The van der Waals surface area contributed by atoms with E-state index >= 15 is 0 Å². The number of urea groups is 1. The third-order valence-corrected chi connectivity index (χ3v) is 8.93. The quantitative estimate of drug-likeness (QED) is 0.181. The Labute approximate surface area is 291 Å². The average molecular weight is 681 g/mol. The van der Waals surface area contributed by atoms with Crippen LogP contribution in [-0.4, -0.2) is 73.2 Å². The molecule has 13 nitrogen and oxygen atoms in total. The molecule has 0 radical (unpaired) electrons. The topological polar surface area (TPSA) is 148 Å². The highest BCUT2D eigenvalue weighted by atomic mass is 16.5. The second kappa shape index (κ2) is 15.1. The summed E-state index contributed by atoms with van der Waals surface area (Å²) in [5.74, 6) is 2.26. The fraction of sp³-hybridized carbons (Fsp3) is 0.378. The van der Waals surface area contributed by atoms with Gasteiger partial charge in [0.2, 0.25) is 0 Å². The molecule has 2 aromatic carbocycles. The van der Waals surface area contributed by atoms with E-state index in [0.717, 1.165) is 84.4 Å². The van der Waals surface area contributed by atoms with Crippen molar-refractivity contribution in [3.8, 4) is 11.4 Å². The van der Waals surface area contributed by atoms with Gasteiger partial charge >= 0.3 is 6.03 Å². The Morgan fingerprint density at radius 2 is 1.74 bits per heavy atom. The van der Waals surface area contributed by atoms with Crippen molar-refractivity contribution in [2.75, 3.05) is 31.6 Å². The first-order valence-electron chi connectivity index (χ1n) is 16.8. The minimum atomic E-state index is -0.274. The molecule has 3 aromatic heterocycles. The van der Waals surface area contributed by atoms with Crippen LogP contribution in [0.25, 0.3) is 11.3 Å². The number of ether oxygens (including phenoxy) is 2. The summed E-state index contributed by atoms with van der Waals surface area (Å²) in [7, 11) is 0. The number of carbonyl (C=O) groups excluding carboxylic acids is 1. The van der Waals surface area contributed by atoms with Crippen LogP contribution in [0.15, 0.2) is 72.9 Å². The Hall–Kier alpha value is -5.27. The molecule has 0 saturated carbocycles. The molecule has 3 N–H and O–H groups in total. The number of carbonyl (C=O) groups is 2. The van der Waals surface area contributed by atoms with Gasteiger partial charge in [0.1, 0.15) is 17.7 Å². The predicted octanol–water partition coefficient (Wildman–Crippen LogP) is 5.83. The van der Waals surface area contributed by atoms with Crippen LogP contribution in [0, 0.1) is 6.92 Å². The normalized spacial score (nSPS) is 17.7. The van der Waals surface area contributed by atoms with E-state index in [1.807, 2.05) is 65.2 Å². The maximum Gasteiger partial charge on any atom is 0.320 e. The Kier molecular flexibility index (Phi) is 10.4. The van der Waals surface area contributed by atoms with E-state index in [2.05, 4.69) is 65.6 Å². The second-order valence-corrected chi connectivity index (χ2v) is 13.6. The third-order valence-electron chi connectivity index (χ3n) is 8.93. The maximum absolute atomic E-state index is 13.5. The molecule has 1 fully saturated rings. The van der Waals surface area contributed by atoms with Crippen molar-refractivity contribution in [3.63, 3.8) is 0 Å². The van der Waals surface area contributed by atoms with Gasteiger partial charge in [0.15, 0.2) is 11.5 Å². The lowest BCUT2D eigenvalue weighted by molar-refractivity contribution is -0.122. The number of nitrogens with zero attached hydrogens (tertiary/aromatic N) is 6. The SMILES string of the molecule is Cc1ccc(-n2nc(C(C)(C)C)cc2NC(=O)N[C@H]2CC[C@@H](Oc3ccc4nnc(CN5CCOCC5)n4c3)c3ccccc32)cc1.O=CO. The summed E-state index contributed by atoms with van der Waals surface area (Å²) in [6, 6.07) is 21.7. The van der Waals surface area contributed by atoms with Crippen LogP contribution in [0.2, 0.25) is 0 Å². The standard InChI is InChI=1S/C36H42N8O3.CH2O2/c1-24-9-11-25(12-10-24)44-33(21-31(41-44)36(2,3)4)38-35(45)37-29-14-15-30(28-8-6-5-7-27(28)29)47-26-13-16-32-39-40-34(43(32)22-26)23-42-17-19-46-20-18-42;2-1-3/h5-13,16,21-22,29-30H,14-15,17-20,23H2,1-4H3,(H2,37,38,45);1H,(H,2,3)/t29-,30+;/m0./s1. The number of pyridine rings is 1. The smallest absolute Gasteiger partial charge is 0.320 e. The molecule has 2 aliphatic rings. The highest BCUT2D eigenvalue weighted by Gasteiger charge is 2.30. The van der Waals surface area contributed by atoms with Gasteiger partial charge in [-0.3, -0.25) is 19.4 Å². The number of fused-ring (bicyclic) bond motifs is 2. The zero-order valence-electron chi connectivity index (χ0n) is 28.9. The summed E-state index contributed by atoms with van der Waals surface area (Å²) >= 11 is 0. The van der Waals surface area contributed by atoms with Crippen LogP contribution >= 0.6 is 0 Å². The Bertz CT molecular complexity index is 1920. The van der Waals surface area contributed by atoms with Crippen LogP contribution in [0.4, 0.5) is 10.6 Å². The summed E-state index contributed by atoms with van der Waals surface area (Å²) in [6.07, 6.45) is 3.31. The van der Waals surface area contributed by atoms with Gasteiger partial charge in [0, 0.05) is 24.6 Å². The van der Waals surface area contributed by atoms with E-state index < -0.39 is 0 Å². The average Bonchev–Trinajstić information content (AvgIpc) is 3.71. The molecule has 1 aliphatic carbocycles. The van der Waals surface area contributed by atoms with Gasteiger partial charge in [-0.05, 0) is 55.2 Å². The lowest BCUT2D eigenvalue weighted by Gasteiger charge is -2.32. The molecule has 50 heavy (non-hydrogen) atoms. The van der Waals surface area contributed by atoms with Crippen molar-refractivity contribution >= 4 is 24.0 Å². The lowest BCUT2D eigenvalue weighted by atomic mass is 9.85. The molecular formula is C37H44N8O5. The van der Waals surface area contributed by atoms with Crippen molar-refractivity contribution in [1.29, 1.82) is 0 Å². The number of amides is 2. The van der Waals surface area contributed by atoms with Gasteiger partial charge in [-0.1, -0.05) is 62.7 Å². The highest BCUT2D eigenvalue weighted by Crippen LogP contribution is 2.39. The molecule has 1 saturated heterocycles. The van der Waals surface area contributed by atoms with Gasteiger partial charge < -0.3 is 19.9 Å². The number of nitrogens with one attached hydrogen (secondary N) is 2. The fourth-order valence-corrected chi connectivity index (χ4v) is 6.27. The Morgan fingerprint density at radius 1 is 1.02 bits per heavy atom. The predicted molar refractivity (Wildman–Crippen MR) is 189 cm³/mol. The number of hydrogen-bond acceptors (Lipinski definition) is 8. The van der Waals surface area contributed by atoms with Crippen molar-refractivity contribution in [3.05, 3.63) is 101 Å². The van der Waals surface area contributed by atoms with E-state index in [1.165, 1.54) is 0 Å².